The molecular formula is C15H22N2O. The summed E-state index contributed by atoms with van der Waals surface area (Å²) in [6, 6.07) is 8.57. The van der Waals surface area contributed by atoms with Crippen molar-refractivity contribution in [2.45, 2.75) is 45.1 Å². The second-order valence-corrected chi connectivity index (χ2v) is 5.04. The number of para-hydroxylation sites is 1. The molecule has 0 aliphatic heterocycles. The molecule has 0 aromatic heterocycles. The molecule has 1 aliphatic rings. The zero-order valence-corrected chi connectivity index (χ0v) is 11.0. The minimum absolute atomic E-state index is 0.169. The van der Waals surface area contributed by atoms with Gasteiger partial charge in [-0.3, -0.25) is 4.79 Å². The quantitative estimate of drug-likeness (QED) is 0.838. The second-order valence-electron chi connectivity index (χ2n) is 5.04. The van der Waals surface area contributed by atoms with Crippen LogP contribution >= 0.6 is 0 Å². The van der Waals surface area contributed by atoms with Gasteiger partial charge in [0.05, 0.1) is 0 Å². The number of nitrogens with one attached hydrogen (secondary N) is 2. The van der Waals surface area contributed by atoms with Gasteiger partial charge in [-0.05, 0) is 31.4 Å². The van der Waals surface area contributed by atoms with Crippen LogP contribution in [0.15, 0.2) is 24.3 Å². The van der Waals surface area contributed by atoms with E-state index in [4.69, 9.17) is 0 Å². The minimum atomic E-state index is 0.169. The van der Waals surface area contributed by atoms with E-state index < -0.39 is 0 Å². The van der Waals surface area contributed by atoms with Gasteiger partial charge in [-0.1, -0.05) is 31.0 Å². The number of hydrogen-bond donors (Lipinski definition) is 2. The summed E-state index contributed by atoms with van der Waals surface area (Å²) in [6.45, 7) is 2.77. The molecule has 0 unspecified atom stereocenters. The van der Waals surface area contributed by atoms with Crippen molar-refractivity contribution in [1.29, 1.82) is 0 Å². The van der Waals surface area contributed by atoms with Gasteiger partial charge < -0.3 is 10.6 Å². The summed E-state index contributed by atoms with van der Waals surface area (Å²) in [5, 5.41) is 6.41. The summed E-state index contributed by atoms with van der Waals surface area (Å²) in [6.07, 6.45) is 5.36. The van der Waals surface area contributed by atoms with Crippen LogP contribution in [0.1, 0.15) is 37.7 Å². The van der Waals surface area contributed by atoms with Gasteiger partial charge in [-0.15, -0.1) is 0 Å². The molecule has 2 rings (SSSR count). The van der Waals surface area contributed by atoms with Crippen molar-refractivity contribution in [2.24, 2.45) is 0 Å². The Balaban J connectivity index is 1.68. The van der Waals surface area contributed by atoms with Gasteiger partial charge in [0.1, 0.15) is 0 Å². The largest absolute Gasteiger partial charge is 0.384 e. The molecule has 98 valence electrons. The van der Waals surface area contributed by atoms with Crippen molar-refractivity contribution in [1.82, 2.24) is 5.32 Å². The van der Waals surface area contributed by atoms with Crippen LogP contribution in [0.2, 0.25) is 0 Å². The number of aryl methyl sites for hydroxylation is 1. The van der Waals surface area contributed by atoms with Crippen molar-refractivity contribution in [2.75, 3.05) is 11.9 Å². The number of benzene rings is 1. The van der Waals surface area contributed by atoms with Crippen LogP contribution in [0.3, 0.4) is 0 Å². The van der Waals surface area contributed by atoms with Crippen LogP contribution < -0.4 is 10.6 Å². The van der Waals surface area contributed by atoms with E-state index in [-0.39, 0.29) is 5.91 Å². The summed E-state index contributed by atoms with van der Waals surface area (Å²) in [4.78, 5) is 11.7. The van der Waals surface area contributed by atoms with Gasteiger partial charge >= 0.3 is 0 Å². The monoisotopic (exact) mass is 246 g/mol. The molecule has 2 N–H and O–H groups in total. The summed E-state index contributed by atoms with van der Waals surface area (Å²) in [7, 11) is 0. The second kappa shape index (κ2) is 6.43. The van der Waals surface area contributed by atoms with Crippen molar-refractivity contribution >= 4 is 11.6 Å². The van der Waals surface area contributed by atoms with Gasteiger partial charge in [0.15, 0.2) is 0 Å². The fourth-order valence-corrected chi connectivity index (χ4v) is 2.45. The van der Waals surface area contributed by atoms with E-state index in [1.807, 2.05) is 18.2 Å². The Morgan fingerprint density at radius 2 is 2.00 bits per heavy atom. The Kier molecular flexibility index (Phi) is 4.62. The van der Waals surface area contributed by atoms with E-state index in [0.717, 1.165) is 18.5 Å². The lowest BCUT2D eigenvalue weighted by Gasteiger charge is -2.13. The summed E-state index contributed by atoms with van der Waals surface area (Å²) in [5.41, 5.74) is 2.33. The average molecular weight is 246 g/mol. The Morgan fingerprint density at radius 3 is 2.72 bits per heavy atom. The van der Waals surface area contributed by atoms with Crippen LogP contribution in [-0.4, -0.2) is 18.5 Å². The molecule has 1 aromatic rings. The van der Waals surface area contributed by atoms with Crippen molar-refractivity contribution in [3.63, 3.8) is 0 Å². The Labute approximate surface area is 109 Å². The average Bonchev–Trinajstić information content (AvgIpc) is 2.84. The van der Waals surface area contributed by atoms with Crippen LogP contribution in [0.5, 0.6) is 0 Å². The van der Waals surface area contributed by atoms with E-state index >= 15 is 0 Å². The molecule has 1 fully saturated rings. The number of carbonyl (C=O) groups is 1. The number of amides is 1. The molecule has 0 atom stereocenters. The third-order valence-corrected chi connectivity index (χ3v) is 3.53. The molecule has 0 spiro atoms. The number of hydrogen-bond acceptors (Lipinski definition) is 2. The third-order valence-electron chi connectivity index (χ3n) is 3.53. The summed E-state index contributed by atoms with van der Waals surface area (Å²) in [5.74, 6) is 0.169. The van der Waals surface area contributed by atoms with E-state index in [9.17, 15) is 4.79 Å². The maximum atomic E-state index is 11.7. The molecule has 0 bridgehead atoms. The van der Waals surface area contributed by atoms with Crippen molar-refractivity contribution in [3.8, 4) is 0 Å². The van der Waals surface area contributed by atoms with Gasteiger partial charge in [-0.2, -0.15) is 0 Å². The topological polar surface area (TPSA) is 41.1 Å². The number of rotatable bonds is 5. The highest BCUT2D eigenvalue weighted by molar-refractivity contribution is 5.76. The molecule has 1 aromatic carbocycles. The first-order valence-electron chi connectivity index (χ1n) is 6.84. The summed E-state index contributed by atoms with van der Waals surface area (Å²) < 4.78 is 0. The zero-order valence-electron chi connectivity index (χ0n) is 11.0. The third kappa shape index (κ3) is 3.76. The van der Waals surface area contributed by atoms with E-state index in [2.05, 4.69) is 23.6 Å². The first kappa shape index (κ1) is 12.9. The molecule has 1 saturated carbocycles. The highest BCUT2D eigenvalue weighted by Gasteiger charge is 2.16. The first-order chi connectivity index (χ1) is 8.75. The number of anilines is 1. The van der Waals surface area contributed by atoms with Crippen LogP contribution in [0.25, 0.3) is 0 Å². The lowest BCUT2D eigenvalue weighted by Crippen LogP contribution is -2.33. The Morgan fingerprint density at radius 1 is 1.28 bits per heavy atom. The molecule has 0 saturated heterocycles. The predicted molar refractivity (Wildman–Crippen MR) is 74.7 cm³/mol. The van der Waals surface area contributed by atoms with Gasteiger partial charge in [0, 0.05) is 24.7 Å². The van der Waals surface area contributed by atoms with Gasteiger partial charge in [-0.25, -0.2) is 0 Å². The molecular weight excluding hydrogens is 224 g/mol. The lowest BCUT2D eigenvalue weighted by molar-refractivity contribution is -0.121. The molecule has 0 heterocycles. The van der Waals surface area contributed by atoms with Crippen molar-refractivity contribution in [3.05, 3.63) is 29.8 Å². The molecule has 1 aliphatic carbocycles. The Hall–Kier alpha value is -1.51. The maximum Gasteiger partial charge on any atom is 0.221 e. The van der Waals surface area contributed by atoms with Crippen LogP contribution in [-0.2, 0) is 4.79 Å². The van der Waals surface area contributed by atoms with E-state index in [1.54, 1.807) is 0 Å². The smallest absolute Gasteiger partial charge is 0.221 e. The maximum absolute atomic E-state index is 11.7. The zero-order chi connectivity index (χ0) is 12.8. The fourth-order valence-electron chi connectivity index (χ4n) is 2.45. The van der Waals surface area contributed by atoms with Crippen molar-refractivity contribution < 1.29 is 4.79 Å². The van der Waals surface area contributed by atoms with Gasteiger partial charge in [0.25, 0.3) is 0 Å². The SMILES string of the molecule is Cc1ccccc1NCCC(=O)NC1CCCC1. The molecule has 3 heteroatoms. The summed E-state index contributed by atoms with van der Waals surface area (Å²) >= 11 is 0. The normalized spacial score (nSPS) is 15.6. The Bertz CT molecular complexity index is 397. The first-order valence-corrected chi connectivity index (χ1v) is 6.84. The van der Waals surface area contributed by atoms with E-state index in [0.29, 0.717) is 19.0 Å². The predicted octanol–water partition coefficient (Wildman–Crippen LogP) is 2.86. The van der Waals surface area contributed by atoms with Gasteiger partial charge in [0.2, 0.25) is 5.91 Å². The standard InChI is InChI=1S/C15H22N2O/c1-12-6-2-5-9-14(12)16-11-10-15(18)17-13-7-3-4-8-13/h2,5-6,9,13,16H,3-4,7-8,10-11H2,1H3,(H,17,18). The lowest BCUT2D eigenvalue weighted by atomic mass is 10.2. The highest BCUT2D eigenvalue weighted by atomic mass is 16.1. The minimum Gasteiger partial charge on any atom is -0.384 e. The van der Waals surface area contributed by atoms with E-state index in [1.165, 1.54) is 18.4 Å². The fraction of sp³-hybridized carbons (Fsp3) is 0.533. The number of carbonyl (C=O) groups excluding carboxylic acids is 1. The molecule has 18 heavy (non-hydrogen) atoms. The van der Waals surface area contributed by atoms with Crippen LogP contribution in [0.4, 0.5) is 5.69 Å². The van der Waals surface area contributed by atoms with Crippen LogP contribution in [0, 0.1) is 6.92 Å². The molecule has 1 amide bonds. The highest BCUT2D eigenvalue weighted by Crippen LogP contribution is 2.17. The molecule has 3 nitrogen and oxygen atoms in total. The molecule has 0 radical (unpaired) electrons.